The standard InChI is InChI=1S/C22H27N3O5/c26-13-17-4-2-1-3-9-25(17)12-16-6-7-18(22(28)24-16)21(27)23-11-15-5-8-19-20(10-15)30-14-29-19/h5-8,10,17,26H,1-4,9,11-14H2,(H,23,27)(H,24,28)/t17-/m0/s1. The Kier molecular flexibility index (Phi) is 6.35. The maximum absolute atomic E-state index is 12.5. The lowest BCUT2D eigenvalue weighted by atomic mass is 10.1. The molecule has 0 saturated carbocycles. The van der Waals surface area contributed by atoms with E-state index in [0.29, 0.717) is 18.0 Å². The number of benzene rings is 1. The predicted molar refractivity (Wildman–Crippen MR) is 111 cm³/mol. The number of nitrogens with zero attached hydrogens (tertiary/aromatic N) is 1. The van der Waals surface area contributed by atoms with Crippen molar-refractivity contribution in [3.63, 3.8) is 0 Å². The Morgan fingerprint density at radius 3 is 2.87 bits per heavy atom. The van der Waals surface area contributed by atoms with Crippen molar-refractivity contribution in [1.29, 1.82) is 0 Å². The molecule has 1 aromatic carbocycles. The van der Waals surface area contributed by atoms with Gasteiger partial charge in [0.1, 0.15) is 5.56 Å². The maximum atomic E-state index is 12.5. The number of amides is 1. The van der Waals surface area contributed by atoms with E-state index in [9.17, 15) is 14.7 Å². The Morgan fingerprint density at radius 1 is 1.17 bits per heavy atom. The van der Waals surface area contributed by atoms with Crippen molar-refractivity contribution in [1.82, 2.24) is 15.2 Å². The number of fused-ring (bicyclic) bond motifs is 1. The van der Waals surface area contributed by atoms with Crippen LogP contribution in [-0.2, 0) is 13.1 Å². The van der Waals surface area contributed by atoms with Crippen LogP contribution in [-0.4, -0.2) is 46.9 Å². The molecule has 1 saturated heterocycles. The second-order valence-electron chi connectivity index (χ2n) is 7.75. The van der Waals surface area contributed by atoms with Gasteiger partial charge in [-0.1, -0.05) is 18.9 Å². The number of ether oxygens (including phenoxy) is 2. The van der Waals surface area contributed by atoms with Gasteiger partial charge >= 0.3 is 0 Å². The average Bonchev–Trinajstić information content (AvgIpc) is 3.10. The van der Waals surface area contributed by atoms with Crippen molar-refractivity contribution in [3.05, 3.63) is 57.5 Å². The van der Waals surface area contributed by atoms with Crippen LogP contribution in [0.1, 0.15) is 47.3 Å². The van der Waals surface area contributed by atoms with E-state index in [1.807, 2.05) is 12.1 Å². The molecule has 0 bridgehead atoms. The molecule has 30 heavy (non-hydrogen) atoms. The van der Waals surface area contributed by atoms with Gasteiger partial charge in [-0.15, -0.1) is 0 Å². The molecule has 1 aromatic heterocycles. The fourth-order valence-corrected chi connectivity index (χ4v) is 3.98. The number of aromatic amines is 1. The van der Waals surface area contributed by atoms with Gasteiger partial charge < -0.3 is 24.9 Å². The zero-order chi connectivity index (χ0) is 20.9. The summed E-state index contributed by atoms with van der Waals surface area (Å²) in [6.07, 6.45) is 4.31. The molecular formula is C22H27N3O5. The highest BCUT2D eigenvalue weighted by molar-refractivity contribution is 5.93. The van der Waals surface area contributed by atoms with Gasteiger partial charge in [0.15, 0.2) is 11.5 Å². The smallest absolute Gasteiger partial charge is 0.261 e. The lowest BCUT2D eigenvalue weighted by molar-refractivity contribution is 0.0949. The highest BCUT2D eigenvalue weighted by atomic mass is 16.7. The number of likely N-dealkylation sites (tertiary alicyclic amines) is 1. The molecule has 0 aliphatic carbocycles. The summed E-state index contributed by atoms with van der Waals surface area (Å²) < 4.78 is 10.6. The predicted octanol–water partition coefficient (Wildman–Crippen LogP) is 1.77. The number of aliphatic hydroxyl groups excluding tert-OH is 1. The average molecular weight is 413 g/mol. The van der Waals surface area contributed by atoms with Crippen molar-refractivity contribution in [2.24, 2.45) is 0 Å². The molecule has 2 aliphatic rings. The molecule has 0 spiro atoms. The minimum Gasteiger partial charge on any atom is -0.454 e. The number of hydrogen-bond acceptors (Lipinski definition) is 6. The van der Waals surface area contributed by atoms with E-state index in [2.05, 4.69) is 15.2 Å². The summed E-state index contributed by atoms with van der Waals surface area (Å²) in [6, 6.07) is 8.91. The molecular weight excluding hydrogens is 386 g/mol. The number of hydrogen-bond donors (Lipinski definition) is 3. The number of rotatable bonds is 6. The lowest BCUT2D eigenvalue weighted by Gasteiger charge is -2.28. The molecule has 1 fully saturated rings. The number of H-pyrrole nitrogens is 1. The van der Waals surface area contributed by atoms with Gasteiger partial charge in [0.05, 0.1) is 6.61 Å². The quantitative estimate of drug-likeness (QED) is 0.667. The minimum atomic E-state index is -0.427. The van der Waals surface area contributed by atoms with Crippen molar-refractivity contribution < 1.29 is 19.4 Å². The van der Waals surface area contributed by atoms with E-state index < -0.39 is 11.5 Å². The third-order valence-corrected chi connectivity index (χ3v) is 5.69. The third kappa shape index (κ3) is 4.66. The molecule has 2 aliphatic heterocycles. The Balaban J connectivity index is 1.38. The molecule has 3 N–H and O–H groups in total. The van der Waals surface area contributed by atoms with Crippen LogP contribution in [0.15, 0.2) is 35.1 Å². The zero-order valence-electron chi connectivity index (χ0n) is 16.9. The highest BCUT2D eigenvalue weighted by Gasteiger charge is 2.21. The van der Waals surface area contributed by atoms with Crippen LogP contribution in [0.5, 0.6) is 11.5 Å². The number of carbonyl (C=O) groups is 1. The summed E-state index contributed by atoms with van der Waals surface area (Å²) in [5.74, 6) is 0.909. The summed E-state index contributed by atoms with van der Waals surface area (Å²) in [5.41, 5.74) is 1.27. The van der Waals surface area contributed by atoms with Gasteiger partial charge in [0.2, 0.25) is 6.79 Å². The summed E-state index contributed by atoms with van der Waals surface area (Å²) >= 11 is 0. The van der Waals surface area contributed by atoms with Crippen molar-refractivity contribution >= 4 is 5.91 Å². The Bertz CT molecular complexity index is 958. The molecule has 8 nitrogen and oxygen atoms in total. The van der Waals surface area contributed by atoms with Gasteiger partial charge in [0, 0.05) is 24.8 Å². The Labute approximate surface area is 174 Å². The molecule has 0 radical (unpaired) electrons. The van der Waals surface area contributed by atoms with Crippen molar-refractivity contribution in [3.8, 4) is 11.5 Å². The SMILES string of the molecule is O=C(NCc1ccc2c(c1)OCO2)c1ccc(CN2CCCCC[C@H]2CO)[nH]c1=O. The van der Waals surface area contributed by atoms with Crippen LogP contribution in [0.25, 0.3) is 0 Å². The largest absolute Gasteiger partial charge is 0.454 e. The fraction of sp³-hybridized carbons (Fsp3) is 0.455. The number of aliphatic hydroxyl groups is 1. The van der Waals surface area contributed by atoms with Gasteiger partial charge in [-0.25, -0.2) is 0 Å². The summed E-state index contributed by atoms with van der Waals surface area (Å²) in [7, 11) is 0. The molecule has 1 amide bonds. The molecule has 160 valence electrons. The number of aromatic nitrogens is 1. The lowest BCUT2D eigenvalue weighted by Crippen LogP contribution is -2.38. The van der Waals surface area contributed by atoms with Crippen LogP contribution in [0, 0.1) is 0 Å². The third-order valence-electron chi connectivity index (χ3n) is 5.69. The van der Waals surface area contributed by atoms with Crippen LogP contribution in [0.4, 0.5) is 0 Å². The molecule has 1 atom stereocenters. The van der Waals surface area contributed by atoms with Gasteiger partial charge in [-0.3, -0.25) is 14.5 Å². The summed E-state index contributed by atoms with van der Waals surface area (Å²) in [6.45, 7) is 2.04. The number of pyridine rings is 1. The normalized spacial score (nSPS) is 18.8. The fourth-order valence-electron chi connectivity index (χ4n) is 3.98. The van der Waals surface area contributed by atoms with Crippen LogP contribution in [0.3, 0.4) is 0 Å². The second-order valence-corrected chi connectivity index (χ2v) is 7.75. The first-order chi connectivity index (χ1) is 14.6. The first-order valence-corrected chi connectivity index (χ1v) is 10.4. The van der Waals surface area contributed by atoms with Crippen molar-refractivity contribution in [2.75, 3.05) is 19.9 Å². The van der Waals surface area contributed by atoms with Crippen LogP contribution >= 0.6 is 0 Å². The van der Waals surface area contributed by atoms with Crippen LogP contribution < -0.4 is 20.3 Å². The number of nitrogens with one attached hydrogen (secondary N) is 2. The maximum Gasteiger partial charge on any atom is 0.261 e. The van der Waals surface area contributed by atoms with Crippen LogP contribution in [0.2, 0.25) is 0 Å². The molecule has 0 unspecified atom stereocenters. The molecule has 2 aromatic rings. The van der Waals surface area contributed by atoms with Gasteiger partial charge in [0.25, 0.3) is 11.5 Å². The van der Waals surface area contributed by atoms with E-state index in [0.717, 1.165) is 43.5 Å². The zero-order valence-corrected chi connectivity index (χ0v) is 16.9. The number of carbonyl (C=O) groups excluding carboxylic acids is 1. The molecule has 4 rings (SSSR count). The first-order valence-electron chi connectivity index (χ1n) is 10.4. The Morgan fingerprint density at radius 2 is 2.03 bits per heavy atom. The van der Waals surface area contributed by atoms with Gasteiger partial charge in [-0.05, 0) is 49.2 Å². The first kappa shape index (κ1) is 20.4. The van der Waals surface area contributed by atoms with E-state index in [1.54, 1.807) is 18.2 Å². The molecule has 8 heteroatoms. The van der Waals surface area contributed by atoms with E-state index in [4.69, 9.17) is 9.47 Å². The van der Waals surface area contributed by atoms with E-state index in [-0.39, 0.29) is 31.5 Å². The molecule has 3 heterocycles. The summed E-state index contributed by atoms with van der Waals surface area (Å²) in [5, 5.41) is 12.4. The highest BCUT2D eigenvalue weighted by Crippen LogP contribution is 2.32. The van der Waals surface area contributed by atoms with Gasteiger partial charge in [-0.2, -0.15) is 0 Å². The topological polar surface area (TPSA) is 104 Å². The second kappa shape index (κ2) is 9.32. The monoisotopic (exact) mass is 413 g/mol. The Hall–Kier alpha value is -2.84. The minimum absolute atomic E-state index is 0.0778. The van der Waals surface area contributed by atoms with E-state index >= 15 is 0 Å². The summed E-state index contributed by atoms with van der Waals surface area (Å²) in [4.78, 5) is 30.0. The van der Waals surface area contributed by atoms with E-state index in [1.165, 1.54) is 0 Å². The van der Waals surface area contributed by atoms with Crippen molar-refractivity contribution in [2.45, 2.75) is 44.8 Å².